The fraction of sp³-hybridized carbons (Fsp3) is 0.348. The molecule has 0 fully saturated rings. The molecule has 154 valence electrons. The lowest BCUT2D eigenvalue weighted by Crippen LogP contribution is -2.33. The number of ether oxygens (including phenoxy) is 2. The van der Waals surface area contributed by atoms with E-state index in [0.717, 1.165) is 18.4 Å². The van der Waals surface area contributed by atoms with Gasteiger partial charge in [0.1, 0.15) is 5.75 Å². The van der Waals surface area contributed by atoms with Crippen LogP contribution in [0.15, 0.2) is 54.6 Å². The Balaban J connectivity index is 1.76. The zero-order valence-electron chi connectivity index (χ0n) is 16.9. The van der Waals surface area contributed by atoms with E-state index < -0.39 is 5.97 Å². The number of Topliss-reactive ketones (excluding diaryl/α,β-unsaturated/α-hetero) is 1. The van der Waals surface area contributed by atoms with Crippen LogP contribution in [0.2, 0.25) is 0 Å². The van der Waals surface area contributed by atoms with Crippen LogP contribution in [0.25, 0.3) is 0 Å². The lowest BCUT2D eigenvalue weighted by molar-refractivity contribution is -0.150. The van der Waals surface area contributed by atoms with Crippen LogP contribution in [0.4, 0.5) is 0 Å². The molecule has 1 atom stereocenters. The zero-order valence-corrected chi connectivity index (χ0v) is 16.9. The van der Waals surface area contributed by atoms with E-state index in [0.29, 0.717) is 17.7 Å². The molecule has 2 rings (SSSR count). The van der Waals surface area contributed by atoms with Gasteiger partial charge in [-0.05, 0) is 36.2 Å². The Labute approximate surface area is 171 Å². The van der Waals surface area contributed by atoms with E-state index in [1.54, 1.807) is 31.2 Å². The van der Waals surface area contributed by atoms with Gasteiger partial charge in [-0.2, -0.15) is 0 Å². The molecule has 29 heavy (non-hydrogen) atoms. The molecule has 0 bridgehead atoms. The highest BCUT2D eigenvalue weighted by Gasteiger charge is 2.15. The van der Waals surface area contributed by atoms with Crippen LogP contribution in [0.3, 0.4) is 0 Å². The molecule has 2 aromatic carbocycles. The zero-order chi connectivity index (χ0) is 21.1. The first-order valence-electron chi connectivity index (χ1n) is 9.79. The summed E-state index contributed by atoms with van der Waals surface area (Å²) in [5, 5.41) is 2.90. The minimum atomic E-state index is -0.638. The predicted octanol–water partition coefficient (Wildman–Crippen LogP) is 3.86. The maximum atomic E-state index is 12.1. The Kier molecular flexibility index (Phi) is 8.89. The van der Waals surface area contributed by atoms with Gasteiger partial charge in [-0.3, -0.25) is 9.59 Å². The van der Waals surface area contributed by atoms with Crippen molar-refractivity contribution in [2.75, 3.05) is 13.2 Å². The summed E-state index contributed by atoms with van der Waals surface area (Å²) in [4.78, 5) is 35.6. The molecule has 0 radical (unpaired) electrons. The van der Waals surface area contributed by atoms with E-state index in [2.05, 4.69) is 5.32 Å². The third-order valence-electron chi connectivity index (χ3n) is 4.33. The average Bonchev–Trinajstić information content (AvgIpc) is 2.76. The standard InChI is InChI=1S/C23H27NO5/c1-3-8-20(17-9-6-5-7-10-17)24-22(26)15-29-23(27)16-28-19-13-11-18(12-14-19)21(25)4-2/h5-7,9-14,20H,3-4,8,15-16H2,1-2H3,(H,24,26)/t20-/m0/s1. The molecule has 0 heterocycles. The predicted molar refractivity (Wildman–Crippen MR) is 110 cm³/mol. The Morgan fingerprint density at radius 2 is 1.62 bits per heavy atom. The van der Waals surface area contributed by atoms with Crippen LogP contribution in [0.1, 0.15) is 55.1 Å². The van der Waals surface area contributed by atoms with Crippen LogP contribution >= 0.6 is 0 Å². The Morgan fingerprint density at radius 3 is 2.24 bits per heavy atom. The van der Waals surface area contributed by atoms with Crippen molar-refractivity contribution in [3.8, 4) is 5.75 Å². The van der Waals surface area contributed by atoms with Gasteiger partial charge in [0.2, 0.25) is 0 Å². The lowest BCUT2D eigenvalue weighted by atomic mass is 10.0. The van der Waals surface area contributed by atoms with Crippen LogP contribution in [0, 0.1) is 0 Å². The molecule has 0 spiro atoms. The topological polar surface area (TPSA) is 81.7 Å². The summed E-state index contributed by atoms with van der Waals surface area (Å²) >= 11 is 0. The summed E-state index contributed by atoms with van der Waals surface area (Å²) < 4.78 is 10.3. The summed E-state index contributed by atoms with van der Waals surface area (Å²) in [7, 11) is 0. The number of amides is 1. The van der Waals surface area contributed by atoms with Crippen molar-refractivity contribution in [2.45, 2.75) is 39.2 Å². The first-order chi connectivity index (χ1) is 14.0. The second-order valence-electron chi connectivity index (χ2n) is 6.57. The summed E-state index contributed by atoms with van der Waals surface area (Å²) in [5.74, 6) is -0.506. The summed E-state index contributed by atoms with van der Waals surface area (Å²) in [6, 6.07) is 16.1. The maximum Gasteiger partial charge on any atom is 0.344 e. The quantitative estimate of drug-likeness (QED) is 0.460. The lowest BCUT2D eigenvalue weighted by Gasteiger charge is -2.18. The van der Waals surface area contributed by atoms with Crippen molar-refractivity contribution >= 4 is 17.7 Å². The van der Waals surface area contributed by atoms with Crippen LogP contribution in [0.5, 0.6) is 5.75 Å². The van der Waals surface area contributed by atoms with E-state index in [4.69, 9.17) is 9.47 Å². The largest absolute Gasteiger partial charge is 0.482 e. The Hall–Kier alpha value is -3.15. The number of ketones is 1. The number of hydrogen-bond acceptors (Lipinski definition) is 5. The summed E-state index contributed by atoms with van der Waals surface area (Å²) in [6.07, 6.45) is 2.14. The molecule has 0 aliphatic carbocycles. The summed E-state index contributed by atoms with van der Waals surface area (Å²) in [5.41, 5.74) is 1.61. The van der Waals surface area contributed by atoms with E-state index >= 15 is 0 Å². The fourth-order valence-electron chi connectivity index (χ4n) is 2.80. The molecule has 0 aliphatic rings. The Bertz CT molecular complexity index is 802. The summed E-state index contributed by atoms with van der Waals surface area (Å²) in [6.45, 7) is 3.16. The van der Waals surface area contributed by atoms with E-state index in [1.807, 2.05) is 37.3 Å². The van der Waals surface area contributed by atoms with Gasteiger partial charge in [-0.1, -0.05) is 50.6 Å². The van der Waals surface area contributed by atoms with Crippen molar-refractivity contribution in [2.24, 2.45) is 0 Å². The number of nitrogens with one attached hydrogen (secondary N) is 1. The van der Waals surface area contributed by atoms with E-state index in [-0.39, 0.29) is 30.9 Å². The van der Waals surface area contributed by atoms with Crippen molar-refractivity contribution in [3.05, 3.63) is 65.7 Å². The number of carbonyl (C=O) groups excluding carboxylic acids is 3. The van der Waals surface area contributed by atoms with Crippen LogP contribution < -0.4 is 10.1 Å². The highest BCUT2D eigenvalue weighted by atomic mass is 16.6. The van der Waals surface area contributed by atoms with Gasteiger partial charge in [-0.15, -0.1) is 0 Å². The number of rotatable bonds is 11. The van der Waals surface area contributed by atoms with E-state index in [1.165, 1.54) is 0 Å². The third kappa shape index (κ3) is 7.41. The van der Waals surface area contributed by atoms with Gasteiger partial charge in [0, 0.05) is 12.0 Å². The maximum absolute atomic E-state index is 12.1. The molecule has 1 N–H and O–H groups in total. The second-order valence-corrected chi connectivity index (χ2v) is 6.57. The average molecular weight is 397 g/mol. The normalized spacial score (nSPS) is 11.4. The van der Waals surface area contributed by atoms with Crippen molar-refractivity contribution in [3.63, 3.8) is 0 Å². The monoisotopic (exact) mass is 397 g/mol. The highest BCUT2D eigenvalue weighted by Crippen LogP contribution is 2.18. The SMILES string of the molecule is CCC[C@H](NC(=O)COC(=O)COc1ccc(C(=O)CC)cc1)c1ccccc1. The molecule has 0 saturated heterocycles. The molecular formula is C23H27NO5. The van der Waals surface area contributed by atoms with Gasteiger partial charge in [0.15, 0.2) is 19.0 Å². The molecule has 0 saturated carbocycles. The minimum Gasteiger partial charge on any atom is -0.482 e. The molecular weight excluding hydrogens is 370 g/mol. The van der Waals surface area contributed by atoms with E-state index in [9.17, 15) is 14.4 Å². The number of hydrogen-bond donors (Lipinski definition) is 1. The van der Waals surface area contributed by atoms with Crippen LogP contribution in [-0.4, -0.2) is 30.9 Å². The Morgan fingerprint density at radius 1 is 0.931 bits per heavy atom. The first-order valence-corrected chi connectivity index (χ1v) is 9.79. The van der Waals surface area contributed by atoms with Gasteiger partial charge in [0.05, 0.1) is 6.04 Å². The third-order valence-corrected chi connectivity index (χ3v) is 4.33. The molecule has 0 aliphatic heterocycles. The molecule has 1 amide bonds. The molecule has 0 unspecified atom stereocenters. The fourth-order valence-corrected chi connectivity index (χ4v) is 2.80. The number of benzene rings is 2. The van der Waals surface area contributed by atoms with Gasteiger partial charge >= 0.3 is 5.97 Å². The molecule has 6 heteroatoms. The molecule has 6 nitrogen and oxygen atoms in total. The number of esters is 1. The minimum absolute atomic E-state index is 0.0406. The molecule has 2 aromatic rings. The van der Waals surface area contributed by atoms with Crippen molar-refractivity contribution in [1.82, 2.24) is 5.32 Å². The molecule has 0 aromatic heterocycles. The second kappa shape index (κ2) is 11.6. The van der Waals surface area contributed by atoms with Gasteiger partial charge in [0.25, 0.3) is 5.91 Å². The first kappa shape index (κ1) is 22.1. The van der Waals surface area contributed by atoms with Crippen molar-refractivity contribution < 1.29 is 23.9 Å². The van der Waals surface area contributed by atoms with Crippen LogP contribution in [-0.2, 0) is 14.3 Å². The smallest absolute Gasteiger partial charge is 0.344 e. The highest BCUT2D eigenvalue weighted by molar-refractivity contribution is 5.95. The van der Waals surface area contributed by atoms with Gasteiger partial charge < -0.3 is 14.8 Å². The van der Waals surface area contributed by atoms with Crippen molar-refractivity contribution in [1.29, 1.82) is 0 Å². The van der Waals surface area contributed by atoms with Gasteiger partial charge in [-0.25, -0.2) is 4.79 Å². The number of carbonyl (C=O) groups is 3.